The van der Waals surface area contributed by atoms with Crippen molar-refractivity contribution in [3.63, 3.8) is 0 Å². The number of halogens is 1. The Kier molecular flexibility index (Phi) is 2.69. The van der Waals surface area contributed by atoms with E-state index < -0.39 is 4.92 Å². The van der Waals surface area contributed by atoms with Crippen LogP contribution in [-0.4, -0.2) is 19.5 Å². The average molecular weight is 283 g/mol. The number of aromatic nitrogens is 3. The molecular formula is C9H7BrN4O2. The molecule has 0 saturated carbocycles. The first-order chi connectivity index (χ1) is 7.61. The van der Waals surface area contributed by atoms with Gasteiger partial charge < -0.3 is 14.7 Å². The molecule has 2 aromatic heterocycles. The predicted molar refractivity (Wildman–Crippen MR) is 60.8 cm³/mol. The molecule has 0 aliphatic heterocycles. The van der Waals surface area contributed by atoms with Crippen LogP contribution in [0.2, 0.25) is 0 Å². The Labute approximate surface area is 99.2 Å². The Morgan fingerprint density at radius 3 is 2.81 bits per heavy atom. The maximum absolute atomic E-state index is 10.8. The van der Waals surface area contributed by atoms with Gasteiger partial charge in [0, 0.05) is 7.05 Å². The molecule has 0 fully saturated rings. The molecule has 16 heavy (non-hydrogen) atoms. The van der Waals surface area contributed by atoms with Gasteiger partial charge in [0.15, 0.2) is 0 Å². The van der Waals surface area contributed by atoms with Crippen molar-refractivity contribution in [1.82, 2.24) is 14.5 Å². The zero-order chi connectivity index (χ0) is 11.7. The van der Waals surface area contributed by atoms with Crippen molar-refractivity contribution in [3.05, 3.63) is 39.4 Å². The van der Waals surface area contributed by atoms with Crippen molar-refractivity contribution >= 4 is 21.7 Å². The molecule has 2 aromatic rings. The first-order valence-corrected chi connectivity index (χ1v) is 5.17. The summed E-state index contributed by atoms with van der Waals surface area (Å²) >= 11 is 3.25. The Morgan fingerprint density at radius 2 is 2.25 bits per heavy atom. The predicted octanol–water partition coefficient (Wildman–Crippen LogP) is 2.15. The molecule has 82 valence electrons. The second kappa shape index (κ2) is 4.01. The third-order valence-corrected chi connectivity index (χ3v) is 2.69. The van der Waals surface area contributed by atoms with Crippen molar-refractivity contribution in [1.29, 1.82) is 0 Å². The summed E-state index contributed by atoms with van der Waals surface area (Å²) in [7, 11) is 1.77. The summed E-state index contributed by atoms with van der Waals surface area (Å²) in [5.74, 6) is -0.174. The number of nitro groups is 1. The van der Waals surface area contributed by atoms with Crippen LogP contribution in [0.1, 0.15) is 0 Å². The second-order valence-corrected chi connectivity index (χ2v) is 3.88. The first-order valence-electron chi connectivity index (χ1n) is 4.38. The van der Waals surface area contributed by atoms with E-state index in [1.165, 1.54) is 6.20 Å². The van der Waals surface area contributed by atoms with Crippen molar-refractivity contribution in [2.75, 3.05) is 0 Å². The van der Waals surface area contributed by atoms with Crippen LogP contribution < -0.4 is 0 Å². The number of aryl methyl sites for hydroxylation is 1. The van der Waals surface area contributed by atoms with Gasteiger partial charge in [0.05, 0.1) is 17.6 Å². The molecular weight excluding hydrogens is 276 g/mol. The van der Waals surface area contributed by atoms with E-state index in [9.17, 15) is 10.1 Å². The molecule has 7 heteroatoms. The highest BCUT2D eigenvalue weighted by molar-refractivity contribution is 9.10. The number of imidazole rings is 1. The molecule has 0 atom stereocenters. The molecule has 0 bridgehead atoms. The second-order valence-electron chi connectivity index (χ2n) is 3.13. The molecule has 0 unspecified atom stereocenters. The third kappa shape index (κ3) is 1.69. The SMILES string of the molecule is Cn1cnc(Br)c1-c1cccnc1[N+](=O)[O-]. The third-order valence-electron chi connectivity index (χ3n) is 2.11. The lowest BCUT2D eigenvalue weighted by Gasteiger charge is -2.03. The molecule has 0 aliphatic carbocycles. The van der Waals surface area contributed by atoms with E-state index in [1.54, 1.807) is 30.1 Å². The zero-order valence-electron chi connectivity index (χ0n) is 8.29. The quantitative estimate of drug-likeness (QED) is 0.625. The van der Waals surface area contributed by atoms with Gasteiger partial charge in [-0.25, -0.2) is 4.98 Å². The van der Waals surface area contributed by atoms with E-state index in [2.05, 4.69) is 25.9 Å². The smallest absolute Gasteiger partial charge is 0.358 e. The van der Waals surface area contributed by atoms with Gasteiger partial charge in [-0.1, -0.05) is 0 Å². The number of hydrogen-bond acceptors (Lipinski definition) is 4. The first kappa shape index (κ1) is 10.7. The van der Waals surface area contributed by atoms with Gasteiger partial charge in [-0.3, -0.25) is 0 Å². The Bertz CT molecular complexity index is 533. The molecule has 6 nitrogen and oxygen atoms in total. The van der Waals surface area contributed by atoms with E-state index in [0.29, 0.717) is 15.9 Å². The van der Waals surface area contributed by atoms with Crippen LogP contribution >= 0.6 is 15.9 Å². The Morgan fingerprint density at radius 1 is 1.50 bits per heavy atom. The van der Waals surface area contributed by atoms with E-state index in [0.717, 1.165) is 0 Å². The molecule has 0 spiro atoms. The van der Waals surface area contributed by atoms with Crippen LogP contribution in [0.15, 0.2) is 29.3 Å². The van der Waals surface area contributed by atoms with Gasteiger partial charge in [0.2, 0.25) is 0 Å². The summed E-state index contributed by atoms with van der Waals surface area (Å²) in [5.41, 5.74) is 1.08. The number of nitrogens with zero attached hydrogens (tertiary/aromatic N) is 4. The van der Waals surface area contributed by atoms with Gasteiger partial charge >= 0.3 is 5.82 Å². The van der Waals surface area contributed by atoms with Crippen LogP contribution in [0.4, 0.5) is 5.82 Å². The Hall–Kier alpha value is -1.76. The molecule has 0 saturated heterocycles. The van der Waals surface area contributed by atoms with E-state index in [1.807, 2.05) is 0 Å². The van der Waals surface area contributed by atoms with Crippen LogP contribution in [0.3, 0.4) is 0 Å². The van der Waals surface area contributed by atoms with Crippen molar-refractivity contribution in [3.8, 4) is 11.3 Å². The van der Waals surface area contributed by atoms with Gasteiger partial charge in [-0.05, 0) is 38.0 Å². The van der Waals surface area contributed by atoms with Crippen molar-refractivity contribution < 1.29 is 4.92 Å². The molecule has 0 amide bonds. The molecule has 2 rings (SSSR count). The highest BCUT2D eigenvalue weighted by Gasteiger charge is 2.20. The molecule has 0 radical (unpaired) electrons. The standard InChI is InChI=1S/C9H7BrN4O2/c1-13-5-12-8(10)7(13)6-3-2-4-11-9(6)14(15)16/h2-5H,1H3. The summed E-state index contributed by atoms with van der Waals surface area (Å²) in [6, 6.07) is 3.30. The van der Waals surface area contributed by atoms with Crippen molar-refractivity contribution in [2.24, 2.45) is 7.05 Å². The average Bonchev–Trinajstić information content (AvgIpc) is 2.58. The minimum atomic E-state index is -0.505. The largest absolute Gasteiger partial charge is 0.372 e. The van der Waals surface area contributed by atoms with Gasteiger partial charge in [0.25, 0.3) is 0 Å². The van der Waals surface area contributed by atoms with E-state index >= 15 is 0 Å². The summed E-state index contributed by atoms with van der Waals surface area (Å²) in [6.07, 6.45) is 2.97. The highest BCUT2D eigenvalue weighted by atomic mass is 79.9. The minimum Gasteiger partial charge on any atom is -0.358 e. The number of rotatable bonds is 2. The van der Waals surface area contributed by atoms with Gasteiger partial charge in [-0.15, -0.1) is 0 Å². The maximum Gasteiger partial charge on any atom is 0.372 e. The summed E-state index contributed by atoms with van der Waals surface area (Å²) in [5, 5.41) is 10.8. The van der Waals surface area contributed by atoms with E-state index in [4.69, 9.17) is 0 Å². The lowest BCUT2D eigenvalue weighted by Crippen LogP contribution is -1.98. The molecule has 2 heterocycles. The minimum absolute atomic E-state index is 0.174. The summed E-state index contributed by atoms with van der Waals surface area (Å²) in [4.78, 5) is 18.1. The van der Waals surface area contributed by atoms with Gasteiger partial charge in [0.1, 0.15) is 10.8 Å². The fourth-order valence-electron chi connectivity index (χ4n) is 1.43. The summed E-state index contributed by atoms with van der Waals surface area (Å²) in [6.45, 7) is 0. The Balaban J connectivity index is 2.69. The maximum atomic E-state index is 10.8. The lowest BCUT2D eigenvalue weighted by atomic mass is 10.2. The number of pyridine rings is 1. The molecule has 0 aromatic carbocycles. The summed E-state index contributed by atoms with van der Waals surface area (Å²) < 4.78 is 2.26. The lowest BCUT2D eigenvalue weighted by molar-refractivity contribution is -0.388. The van der Waals surface area contributed by atoms with Crippen LogP contribution in [0.25, 0.3) is 11.3 Å². The normalized spacial score (nSPS) is 10.4. The van der Waals surface area contributed by atoms with Gasteiger partial charge in [-0.2, -0.15) is 0 Å². The zero-order valence-corrected chi connectivity index (χ0v) is 9.88. The molecule has 0 aliphatic rings. The van der Waals surface area contributed by atoms with Crippen LogP contribution in [-0.2, 0) is 7.05 Å². The fourth-order valence-corrected chi connectivity index (χ4v) is 2.01. The monoisotopic (exact) mass is 282 g/mol. The highest BCUT2D eigenvalue weighted by Crippen LogP contribution is 2.31. The van der Waals surface area contributed by atoms with Crippen LogP contribution in [0.5, 0.6) is 0 Å². The fraction of sp³-hybridized carbons (Fsp3) is 0.111. The number of hydrogen-bond donors (Lipinski definition) is 0. The van der Waals surface area contributed by atoms with Crippen LogP contribution in [0, 0.1) is 10.1 Å². The topological polar surface area (TPSA) is 73.8 Å². The van der Waals surface area contributed by atoms with E-state index in [-0.39, 0.29) is 5.82 Å². The van der Waals surface area contributed by atoms with Crippen molar-refractivity contribution in [2.45, 2.75) is 0 Å². The molecule has 0 N–H and O–H groups in total.